The molecule has 3 nitrogen and oxygen atoms in total. The van der Waals surface area contributed by atoms with Gasteiger partial charge < -0.3 is 4.57 Å². The van der Waals surface area contributed by atoms with Crippen LogP contribution in [-0.2, 0) is 4.79 Å². The highest BCUT2D eigenvalue weighted by atomic mass is 16.1. The van der Waals surface area contributed by atoms with Gasteiger partial charge in [-0.15, -0.1) is 0 Å². The molecule has 1 aromatic rings. The Morgan fingerprint density at radius 1 is 1.18 bits per heavy atom. The van der Waals surface area contributed by atoms with Gasteiger partial charge in [-0.1, -0.05) is 6.07 Å². The summed E-state index contributed by atoms with van der Waals surface area (Å²) in [5, 5.41) is 0. The summed E-state index contributed by atoms with van der Waals surface area (Å²) < 4.78 is 1.77. The zero-order valence-corrected chi connectivity index (χ0v) is 10.5. The van der Waals surface area contributed by atoms with Crippen molar-refractivity contribution in [3.8, 4) is 0 Å². The summed E-state index contributed by atoms with van der Waals surface area (Å²) in [7, 11) is 0. The molecule has 0 atom stereocenters. The molecule has 1 fully saturated rings. The first-order valence-corrected chi connectivity index (χ1v) is 6.31. The van der Waals surface area contributed by atoms with Crippen LogP contribution in [0.25, 0.3) is 0 Å². The number of aromatic nitrogens is 1. The SMILES string of the molecule is CC(C)n1cc(C2CCC(=O)CC2)ccc1=O. The Labute approximate surface area is 101 Å². The Kier molecular flexibility index (Phi) is 3.46. The van der Waals surface area contributed by atoms with E-state index in [1.54, 1.807) is 10.6 Å². The Morgan fingerprint density at radius 3 is 2.41 bits per heavy atom. The number of nitrogens with zero attached hydrogens (tertiary/aromatic N) is 1. The largest absolute Gasteiger partial charge is 0.313 e. The minimum absolute atomic E-state index is 0.0515. The molecule has 1 heterocycles. The van der Waals surface area contributed by atoms with Crippen LogP contribution in [0.4, 0.5) is 0 Å². The maximum atomic E-state index is 11.7. The van der Waals surface area contributed by atoms with Crippen LogP contribution in [0.3, 0.4) is 0 Å². The monoisotopic (exact) mass is 233 g/mol. The number of ketones is 1. The minimum atomic E-state index is 0.0515. The Bertz CT molecular complexity index is 463. The molecule has 3 heteroatoms. The van der Waals surface area contributed by atoms with Crippen LogP contribution in [0.15, 0.2) is 23.1 Å². The maximum Gasteiger partial charge on any atom is 0.250 e. The molecule has 0 spiro atoms. The van der Waals surface area contributed by atoms with Crippen LogP contribution >= 0.6 is 0 Å². The van der Waals surface area contributed by atoms with Crippen LogP contribution < -0.4 is 5.56 Å². The van der Waals surface area contributed by atoms with Gasteiger partial charge in [0, 0.05) is 31.1 Å². The summed E-state index contributed by atoms with van der Waals surface area (Å²) in [5.41, 5.74) is 1.25. The summed E-state index contributed by atoms with van der Waals surface area (Å²) in [6.07, 6.45) is 5.19. The van der Waals surface area contributed by atoms with Crippen molar-refractivity contribution in [1.82, 2.24) is 4.57 Å². The van der Waals surface area contributed by atoms with Crippen molar-refractivity contribution in [2.24, 2.45) is 0 Å². The van der Waals surface area contributed by atoms with Gasteiger partial charge in [0.05, 0.1) is 0 Å². The number of rotatable bonds is 2. The van der Waals surface area contributed by atoms with Crippen LogP contribution in [0.5, 0.6) is 0 Å². The molecule has 17 heavy (non-hydrogen) atoms. The third-order valence-corrected chi connectivity index (χ3v) is 3.53. The first kappa shape index (κ1) is 12.1. The van der Waals surface area contributed by atoms with E-state index in [-0.39, 0.29) is 11.6 Å². The van der Waals surface area contributed by atoms with Gasteiger partial charge in [0.25, 0.3) is 5.56 Å². The van der Waals surface area contributed by atoms with Gasteiger partial charge in [-0.05, 0) is 38.2 Å². The highest BCUT2D eigenvalue weighted by Gasteiger charge is 2.20. The topological polar surface area (TPSA) is 39.1 Å². The summed E-state index contributed by atoms with van der Waals surface area (Å²) in [6.45, 7) is 4.02. The second kappa shape index (κ2) is 4.86. The fourth-order valence-electron chi connectivity index (χ4n) is 2.44. The Morgan fingerprint density at radius 2 is 1.82 bits per heavy atom. The van der Waals surface area contributed by atoms with Crippen molar-refractivity contribution in [2.75, 3.05) is 0 Å². The third-order valence-electron chi connectivity index (χ3n) is 3.53. The molecular weight excluding hydrogens is 214 g/mol. The number of carbonyl (C=O) groups excluding carboxylic acids is 1. The van der Waals surface area contributed by atoms with Crippen molar-refractivity contribution in [3.05, 3.63) is 34.2 Å². The lowest BCUT2D eigenvalue weighted by molar-refractivity contribution is -0.120. The van der Waals surface area contributed by atoms with Gasteiger partial charge >= 0.3 is 0 Å². The van der Waals surface area contributed by atoms with E-state index in [2.05, 4.69) is 0 Å². The maximum absolute atomic E-state index is 11.7. The molecule has 92 valence electrons. The lowest BCUT2D eigenvalue weighted by Gasteiger charge is -2.22. The summed E-state index contributed by atoms with van der Waals surface area (Å²) >= 11 is 0. The molecule has 0 N–H and O–H groups in total. The van der Waals surface area contributed by atoms with E-state index in [1.807, 2.05) is 26.1 Å². The molecule has 0 radical (unpaired) electrons. The molecule has 0 aliphatic heterocycles. The fraction of sp³-hybridized carbons (Fsp3) is 0.571. The van der Waals surface area contributed by atoms with Crippen molar-refractivity contribution < 1.29 is 4.79 Å². The molecule has 1 aliphatic rings. The van der Waals surface area contributed by atoms with Crippen LogP contribution in [0, 0.1) is 0 Å². The number of pyridine rings is 1. The number of carbonyl (C=O) groups is 1. The molecule has 1 aromatic heterocycles. The summed E-state index contributed by atoms with van der Waals surface area (Å²) in [5.74, 6) is 0.816. The summed E-state index contributed by atoms with van der Waals surface area (Å²) in [6, 6.07) is 3.75. The molecule has 0 amide bonds. The Hall–Kier alpha value is -1.38. The predicted octanol–water partition coefficient (Wildman–Crippen LogP) is 2.66. The van der Waals surface area contributed by atoms with Gasteiger partial charge in [-0.3, -0.25) is 9.59 Å². The van der Waals surface area contributed by atoms with Crippen LogP contribution in [0.2, 0.25) is 0 Å². The molecular formula is C14H19NO2. The predicted molar refractivity (Wildman–Crippen MR) is 67.3 cm³/mol. The van der Waals surface area contributed by atoms with Gasteiger partial charge in [-0.2, -0.15) is 0 Å². The van der Waals surface area contributed by atoms with E-state index in [0.717, 1.165) is 12.8 Å². The smallest absolute Gasteiger partial charge is 0.250 e. The average molecular weight is 233 g/mol. The third kappa shape index (κ3) is 2.65. The fourth-order valence-corrected chi connectivity index (χ4v) is 2.44. The first-order chi connectivity index (χ1) is 8.08. The van der Waals surface area contributed by atoms with Crippen LogP contribution in [0.1, 0.15) is 57.1 Å². The van der Waals surface area contributed by atoms with Crippen molar-refractivity contribution >= 4 is 5.78 Å². The van der Waals surface area contributed by atoms with Crippen molar-refractivity contribution in [1.29, 1.82) is 0 Å². The van der Waals surface area contributed by atoms with E-state index in [9.17, 15) is 9.59 Å². The van der Waals surface area contributed by atoms with Gasteiger partial charge in [-0.25, -0.2) is 0 Å². The molecule has 0 aromatic carbocycles. The summed E-state index contributed by atoms with van der Waals surface area (Å²) in [4.78, 5) is 22.9. The number of hydrogen-bond acceptors (Lipinski definition) is 2. The molecule has 0 unspecified atom stereocenters. The first-order valence-electron chi connectivity index (χ1n) is 6.31. The molecule has 2 rings (SSSR count). The average Bonchev–Trinajstić information content (AvgIpc) is 2.30. The zero-order chi connectivity index (χ0) is 12.4. The van der Waals surface area contributed by atoms with E-state index < -0.39 is 0 Å². The minimum Gasteiger partial charge on any atom is -0.313 e. The molecule has 1 aliphatic carbocycles. The Balaban J connectivity index is 2.24. The number of hydrogen-bond donors (Lipinski definition) is 0. The lowest BCUT2D eigenvalue weighted by Crippen LogP contribution is -2.22. The van der Waals surface area contributed by atoms with Crippen molar-refractivity contribution in [3.63, 3.8) is 0 Å². The number of Topliss-reactive ketones (excluding diaryl/α,β-unsaturated/α-hetero) is 1. The van der Waals surface area contributed by atoms with Crippen LogP contribution in [-0.4, -0.2) is 10.4 Å². The van der Waals surface area contributed by atoms with Gasteiger partial charge in [0.15, 0.2) is 0 Å². The van der Waals surface area contributed by atoms with E-state index in [0.29, 0.717) is 24.5 Å². The van der Waals surface area contributed by atoms with E-state index in [4.69, 9.17) is 0 Å². The van der Waals surface area contributed by atoms with E-state index >= 15 is 0 Å². The standard InChI is InChI=1S/C14H19NO2/c1-10(2)15-9-12(5-8-14(15)17)11-3-6-13(16)7-4-11/h5,8-11H,3-4,6-7H2,1-2H3. The van der Waals surface area contributed by atoms with Gasteiger partial charge in [0.2, 0.25) is 0 Å². The zero-order valence-electron chi connectivity index (χ0n) is 10.5. The lowest BCUT2D eigenvalue weighted by atomic mass is 9.84. The molecule has 0 bridgehead atoms. The second-order valence-electron chi connectivity index (χ2n) is 5.11. The second-order valence-corrected chi connectivity index (χ2v) is 5.11. The molecule has 0 saturated heterocycles. The quantitative estimate of drug-likeness (QED) is 0.787. The highest BCUT2D eigenvalue weighted by Crippen LogP contribution is 2.30. The highest BCUT2D eigenvalue weighted by molar-refractivity contribution is 5.79. The van der Waals surface area contributed by atoms with Gasteiger partial charge in [0.1, 0.15) is 5.78 Å². The molecule has 1 saturated carbocycles. The van der Waals surface area contributed by atoms with E-state index in [1.165, 1.54) is 5.56 Å². The van der Waals surface area contributed by atoms with Crippen molar-refractivity contribution in [2.45, 2.75) is 51.5 Å². The normalized spacial score (nSPS) is 17.7.